The van der Waals surface area contributed by atoms with Crippen molar-refractivity contribution >= 4 is 47.8 Å². The minimum absolute atomic E-state index is 0.231. The highest BCUT2D eigenvalue weighted by Crippen LogP contribution is 2.29. The molecular formula is C14H16Br3N3. The van der Waals surface area contributed by atoms with Crippen molar-refractivity contribution in [3.63, 3.8) is 0 Å². The Balaban J connectivity index is 2.33. The summed E-state index contributed by atoms with van der Waals surface area (Å²) in [6, 6.07) is 6.56. The van der Waals surface area contributed by atoms with E-state index in [2.05, 4.69) is 70.3 Å². The van der Waals surface area contributed by atoms with Crippen LogP contribution in [0.5, 0.6) is 0 Å². The van der Waals surface area contributed by atoms with Crippen molar-refractivity contribution in [1.29, 1.82) is 0 Å². The normalized spacial score (nSPS) is 12.7. The summed E-state index contributed by atoms with van der Waals surface area (Å²) in [5.41, 5.74) is 3.45. The first kappa shape index (κ1) is 16.2. The van der Waals surface area contributed by atoms with E-state index in [9.17, 15) is 0 Å². The lowest BCUT2D eigenvalue weighted by Gasteiger charge is -2.18. The fourth-order valence-corrected chi connectivity index (χ4v) is 4.09. The number of halogens is 3. The van der Waals surface area contributed by atoms with Gasteiger partial charge in [-0.2, -0.15) is 5.10 Å². The van der Waals surface area contributed by atoms with Crippen molar-refractivity contribution < 1.29 is 0 Å². The molecular weight excluding hydrogens is 450 g/mol. The van der Waals surface area contributed by atoms with Gasteiger partial charge in [-0.05, 0) is 53.7 Å². The van der Waals surface area contributed by atoms with Crippen molar-refractivity contribution in [1.82, 2.24) is 15.1 Å². The summed E-state index contributed by atoms with van der Waals surface area (Å²) in [6.45, 7) is 2.01. The minimum Gasteiger partial charge on any atom is -0.313 e. The number of likely N-dealkylation sites (N-methyl/N-ethyl adjacent to an activating group) is 1. The molecule has 0 aliphatic rings. The van der Waals surface area contributed by atoms with E-state index in [-0.39, 0.29) is 6.04 Å². The molecule has 0 radical (unpaired) electrons. The molecule has 0 fully saturated rings. The summed E-state index contributed by atoms with van der Waals surface area (Å²) in [5, 5.41) is 7.83. The van der Waals surface area contributed by atoms with Gasteiger partial charge < -0.3 is 5.32 Å². The minimum atomic E-state index is 0.231. The summed E-state index contributed by atoms with van der Waals surface area (Å²) >= 11 is 10.7. The molecule has 2 aromatic rings. The second-order valence-electron chi connectivity index (χ2n) is 4.72. The van der Waals surface area contributed by atoms with Crippen molar-refractivity contribution in [3.05, 3.63) is 48.6 Å². The van der Waals surface area contributed by atoms with Gasteiger partial charge in [-0.3, -0.25) is 4.68 Å². The van der Waals surface area contributed by atoms with E-state index in [0.717, 1.165) is 25.5 Å². The summed E-state index contributed by atoms with van der Waals surface area (Å²) in [4.78, 5) is 0. The molecule has 6 heteroatoms. The maximum atomic E-state index is 4.45. The fraction of sp³-hybridized carbons (Fsp3) is 0.357. The van der Waals surface area contributed by atoms with Gasteiger partial charge in [-0.1, -0.05) is 31.9 Å². The van der Waals surface area contributed by atoms with Gasteiger partial charge in [0.15, 0.2) is 0 Å². The van der Waals surface area contributed by atoms with Gasteiger partial charge in [-0.25, -0.2) is 0 Å². The number of benzene rings is 1. The van der Waals surface area contributed by atoms with Crippen molar-refractivity contribution in [2.45, 2.75) is 19.4 Å². The van der Waals surface area contributed by atoms with E-state index < -0.39 is 0 Å². The Morgan fingerprint density at radius 3 is 2.25 bits per heavy atom. The quantitative estimate of drug-likeness (QED) is 0.719. The van der Waals surface area contributed by atoms with Crippen LogP contribution in [0.1, 0.15) is 23.0 Å². The molecule has 3 nitrogen and oxygen atoms in total. The van der Waals surface area contributed by atoms with Crippen LogP contribution in [0.2, 0.25) is 0 Å². The highest BCUT2D eigenvalue weighted by Gasteiger charge is 2.17. The molecule has 20 heavy (non-hydrogen) atoms. The highest BCUT2D eigenvalue weighted by atomic mass is 79.9. The molecule has 108 valence electrons. The first-order valence-corrected chi connectivity index (χ1v) is 8.61. The van der Waals surface area contributed by atoms with Gasteiger partial charge >= 0.3 is 0 Å². The predicted molar refractivity (Wildman–Crippen MR) is 93.0 cm³/mol. The van der Waals surface area contributed by atoms with Gasteiger partial charge in [0.25, 0.3) is 0 Å². The van der Waals surface area contributed by atoms with Gasteiger partial charge in [0.1, 0.15) is 0 Å². The van der Waals surface area contributed by atoms with Crippen molar-refractivity contribution in [3.8, 4) is 0 Å². The molecule has 0 saturated carbocycles. The van der Waals surface area contributed by atoms with Crippen LogP contribution in [-0.2, 0) is 13.5 Å². The zero-order valence-corrected chi connectivity index (χ0v) is 16.3. The molecule has 2 rings (SSSR count). The van der Waals surface area contributed by atoms with Crippen LogP contribution in [-0.4, -0.2) is 16.8 Å². The standard InChI is InChI=1S/C14H16Br3N3/c1-8-14(17)13(20(3)19-8)7-12(18-2)9-4-10(15)6-11(16)5-9/h4-6,12,18H,7H2,1-3H3. The van der Waals surface area contributed by atoms with E-state index in [1.165, 1.54) is 11.3 Å². The zero-order valence-electron chi connectivity index (χ0n) is 11.5. The van der Waals surface area contributed by atoms with Crippen LogP contribution in [0.4, 0.5) is 0 Å². The molecule has 1 N–H and O–H groups in total. The monoisotopic (exact) mass is 463 g/mol. The van der Waals surface area contributed by atoms with Crippen LogP contribution < -0.4 is 5.32 Å². The topological polar surface area (TPSA) is 29.9 Å². The Morgan fingerprint density at radius 1 is 1.20 bits per heavy atom. The molecule has 0 amide bonds. The summed E-state index contributed by atoms with van der Waals surface area (Å²) < 4.78 is 5.18. The van der Waals surface area contributed by atoms with E-state index in [0.29, 0.717) is 0 Å². The summed E-state index contributed by atoms with van der Waals surface area (Å²) in [7, 11) is 3.97. The predicted octanol–water partition coefficient (Wildman–Crippen LogP) is 4.52. The fourth-order valence-electron chi connectivity index (χ4n) is 2.26. The second kappa shape index (κ2) is 6.73. The highest BCUT2D eigenvalue weighted by molar-refractivity contribution is 9.11. The number of aromatic nitrogens is 2. The third-order valence-electron chi connectivity index (χ3n) is 3.29. The van der Waals surface area contributed by atoms with Crippen molar-refractivity contribution in [2.24, 2.45) is 7.05 Å². The van der Waals surface area contributed by atoms with Gasteiger partial charge in [0.05, 0.1) is 15.9 Å². The molecule has 1 aromatic carbocycles. The zero-order chi connectivity index (χ0) is 14.9. The van der Waals surface area contributed by atoms with Crippen LogP contribution in [0.25, 0.3) is 0 Å². The second-order valence-corrected chi connectivity index (χ2v) is 7.34. The first-order chi connectivity index (χ1) is 9.42. The van der Waals surface area contributed by atoms with Crippen LogP contribution in [0.3, 0.4) is 0 Å². The average molecular weight is 466 g/mol. The molecule has 1 atom stereocenters. The van der Waals surface area contributed by atoms with Gasteiger partial charge in [-0.15, -0.1) is 0 Å². The summed E-state index contributed by atoms with van der Waals surface area (Å²) in [5.74, 6) is 0. The van der Waals surface area contributed by atoms with Gasteiger partial charge in [0, 0.05) is 28.5 Å². The Labute approximate surface area is 144 Å². The maximum Gasteiger partial charge on any atom is 0.0738 e. The molecule has 0 spiro atoms. The number of aryl methyl sites for hydroxylation is 2. The Morgan fingerprint density at radius 2 is 1.80 bits per heavy atom. The lowest BCUT2D eigenvalue weighted by Crippen LogP contribution is -2.20. The SMILES string of the molecule is CNC(Cc1c(Br)c(C)nn1C)c1cc(Br)cc(Br)c1. The number of hydrogen-bond donors (Lipinski definition) is 1. The van der Waals surface area contributed by atoms with E-state index >= 15 is 0 Å². The lowest BCUT2D eigenvalue weighted by atomic mass is 10.0. The number of rotatable bonds is 4. The summed E-state index contributed by atoms with van der Waals surface area (Å²) in [6.07, 6.45) is 0.872. The Bertz CT molecular complexity index is 602. The molecule has 0 aliphatic heterocycles. The molecule has 0 saturated heterocycles. The maximum absolute atomic E-state index is 4.45. The third kappa shape index (κ3) is 3.53. The Kier molecular flexibility index (Phi) is 5.45. The Hall–Kier alpha value is -0.170. The van der Waals surface area contributed by atoms with Crippen LogP contribution in [0, 0.1) is 6.92 Å². The third-order valence-corrected chi connectivity index (χ3v) is 5.24. The molecule has 1 unspecified atom stereocenters. The smallest absolute Gasteiger partial charge is 0.0738 e. The lowest BCUT2D eigenvalue weighted by molar-refractivity contribution is 0.560. The number of nitrogens with zero attached hydrogens (tertiary/aromatic N) is 2. The van der Waals surface area contributed by atoms with E-state index in [1.807, 2.05) is 31.8 Å². The largest absolute Gasteiger partial charge is 0.313 e. The first-order valence-electron chi connectivity index (χ1n) is 6.23. The molecule has 0 aliphatic carbocycles. The van der Waals surface area contributed by atoms with Crippen molar-refractivity contribution in [2.75, 3.05) is 7.05 Å². The average Bonchev–Trinajstić information content (AvgIpc) is 2.60. The molecule has 0 bridgehead atoms. The number of nitrogens with one attached hydrogen (secondary N) is 1. The number of hydrogen-bond acceptors (Lipinski definition) is 2. The van der Waals surface area contributed by atoms with Gasteiger partial charge in [0.2, 0.25) is 0 Å². The van der Waals surface area contributed by atoms with E-state index in [4.69, 9.17) is 0 Å². The molecule has 1 heterocycles. The van der Waals surface area contributed by atoms with Crippen LogP contribution in [0.15, 0.2) is 31.6 Å². The molecule has 1 aromatic heterocycles. The van der Waals surface area contributed by atoms with Crippen LogP contribution >= 0.6 is 47.8 Å². The van der Waals surface area contributed by atoms with E-state index in [1.54, 1.807) is 0 Å².